The molecule has 1 aromatic carbocycles. The molecule has 134 valence electrons. The lowest BCUT2D eigenvalue weighted by Crippen LogP contribution is -2.50. The van der Waals surface area contributed by atoms with Crippen molar-refractivity contribution in [3.05, 3.63) is 53.1 Å². The van der Waals surface area contributed by atoms with Crippen molar-refractivity contribution in [1.82, 2.24) is 19.8 Å². The molecule has 2 heterocycles. The smallest absolute Gasteiger partial charge is 0.227 e. The molecule has 1 aliphatic carbocycles. The largest absolute Gasteiger partial charge is 0.336 e. The van der Waals surface area contributed by atoms with Crippen LogP contribution in [0.3, 0.4) is 0 Å². The van der Waals surface area contributed by atoms with Crippen LogP contribution >= 0.6 is 24.0 Å². The minimum Gasteiger partial charge on any atom is -0.336 e. The highest BCUT2D eigenvalue weighted by atomic mass is 35.5. The van der Waals surface area contributed by atoms with E-state index in [0.29, 0.717) is 5.92 Å². The van der Waals surface area contributed by atoms with Crippen LogP contribution in [0.2, 0.25) is 5.02 Å². The zero-order valence-electron chi connectivity index (χ0n) is 14.1. The summed E-state index contributed by atoms with van der Waals surface area (Å²) in [5.74, 6) is 1.56. The number of piperazine rings is 1. The van der Waals surface area contributed by atoms with Crippen molar-refractivity contribution in [3.8, 4) is 0 Å². The summed E-state index contributed by atoms with van der Waals surface area (Å²) < 4.78 is 2.00. The Morgan fingerprint density at radius 1 is 1.40 bits per heavy atom. The van der Waals surface area contributed by atoms with Crippen LogP contribution in [0.15, 0.2) is 36.7 Å². The Bertz CT molecular complexity index is 763. The second-order valence-corrected chi connectivity index (χ2v) is 7.09. The second kappa shape index (κ2) is 7.36. The Balaban J connectivity index is 0.00000182. The number of carbonyl (C=O) groups excluding carboxylic acids is 1. The van der Waals surface area contributed by atoms with Gasteiger partial charge < -0.3 is 14.8 Å². The predicted molar refractivity (Wildman–Crippen MR) is 100 cm³/mol. The monoisotopic (exact) mass is 380 g/mol. The number of benzene rings is 1. The van der Waals surface area contributed by atoms with Crippen LogP contribution in [0.25, 0.3) is 0 Å². The molecule has 0 spiro atoms. The van der Waals surface area contributed by atoms with Gasteiger partial charge in [0.1, 0.15) is 11.9 Å². The Hall–Kier alpha value is -1.56. The number of nitrogens with one attached hydrogen (secondary N) is 1. The van der Waals surface area contributed by atoms with E-state index < -0.39 is 0 Å². The molecule has 25 heavy (non-hydrogen) atoms. The summed E-state index contributed by atoms with van der Waals surface area (Å²) in [6.07, 6.45) is 4.63. The van der Waals surface area contributed by atoms with E-state index in [0.717, 1.165) is 36.9 Å². The molecular weight excluding hydrogens is 359 g/mol. The molecule has 1 aliphatic heterocycles. The van der Waals surface area contributed by atoms with Gasteiger partial charge in [-0.05, 0) is 30.0 Å². The quantitative estimate of drug-likeness (QED) is 0.890. The van der Waals surface area contributed by atoms with Crippen LogP contribution in [-0.2, 0) is 11.8 Å². The Morgan fingerprint density at radius 2 is 2.24 bits per heavy atom. The normalized spacial score (nSPS) is 25.4. The van der Waals surface area contributed by atoms with E-state index in [1.165, 1.54) is 5.56 Å². The number of amides is 1. The van der Waals surface area contributed by atoms with E-state index in [9.17, 15) is 4.79 Å². The first kappa shape index (κ1) is 18.2. The van der Waals surface area contributed by atoms with Gasteiger partial charge in [-0.3, -0.25) is 4.79 Å². The van der Waals surface area contributed by atoms with E-state index in [1.54, 1.807) is 6.20 Å². The first-order valence-electron chi connectivity index (χ1n) is 8.39. The van der Waals surface area contributed by atoms with E-state index >= 15 is 0 Å². The third kappa shape index (κ3) is 3.54. The van der Waals surface area contributed by atoms with Crippen LogP contribution in [0.4, 0.5) is 0 Å². The molecule has 1 saturated carbocycles. The second-order valence-electron chi connectivity index (χ2n) is 6.65. The Labute approximate surface area is 158 Å². The number of aromatic nitrogens is 2. The summed E-state index contributed by atoms with van der Waals surface area (Å²) in [5.41, 5.74) is 1.17. The number of rotatable bonds is 3. The van der Waals surface area contributed by atoms with Gasteiger partial charge in [0.2, 0.25) is 5.91 Å². The average molecular weight is 381 g/mol. The van der Waals surface area contributed by atoms with Gasteiger partial charge in [0, 0.05) is 50.0 Å². The van der Waals surface area contributed by atoms with E-state index in [1.807, 2.05) is 40.9 Å². The third-order valence-corrected chi connectivity index (χ3v) is 5.30. The fraction of sp³-hybridized carbons (Fsp3) is 0.444. The molecule has 0 radical (unpaired) electrons. The molecule has 2 aromatic rings. The molecule has 1 aromatic heterocycles. The number of hydrogen-bond donors (Lipinski definition) is 1. The van der Waals surface area contributed by atoms with Gasteiger partial charge in [-0.1, -0.05) is 23.7 Å². The number of nitrogens with zero attached hydrogens (tertiary/aromatic N) is 3. The zero-order chi connectivity index (χ0) is 16.7. The fourth-order valence-electron chi connectivity index (χ4n) is 3.68. The molecule has 1 amide bonds. The van der Waals surface area contributed by atoms with Crippen molar-refractivity contribution >= 4 is 29.9 Å². The van der Waals surface area contributed by atoms with Crippen molar-refractivity contribution in [2.24, 2.45) is 13.0 Å². The van der Waals surface area contributed by atoms with Crippen molar-refractivity contribution in [2.45, 2.75) is 18.4 Å². The molecule has 4 rings (SSSR count). The third-order valence-electron chi connectivity index (χ3n) is 5.07. The van der Waals surface area contributed by atoms with Gasteiger partial charge in [-0.2, -0.15) is 0 Å². The summed E-state index contributed by atoms with van der Waals surface area (Å²) in [6, 6.07) is 7.88. The maximum absolute atomic E-state index is 13.1. The van der Waals surface area contributed by atoms with Crippen LogP contribution < -0.4 is 5.32 Å². The highest BCUT2D eigenvalue weighted by Gasteiger charge is 2.47. The number of carbonyl (C=O) groups is 1. The fourth-order valence-corrected chi connectivity index (χ4v) is 3.88. The van der Waals surface area contributed by atoms with Crippen LogP contribution in [0.1, 0.15) is 29.8 Å². The lowest BCUT2D eigenvalue weighted by atomic mass is 10.1. The average Bonchev–Trinajstić information content (AvgIpc) is 3.29. The summed E-state index contributed by atoms with van der Waals surface area (Å²) in [6.45, 7) is 2.32. The first-order valence-corrected chi connectivity index (χ1v) is 8.77. The highest BCUT2D eigenvalue weighted by Crippen LogP contribution is 2.49. The van der Waals surface area contributed by atoms with Crippen molar-refractivity contribution in [2.75, 3.05) is 19.6 Å². The minimum atomic E-state index is 0. The molecule has 2 aliphatic rings. The lowest BCUT2D eigenvalue weighted by molar-refractivity contribution is -0.136. The lowest BCUT2D eigenvalue weighted by Gasteiger charge is -2.36. The summed E-state index contributed by atoms with van der Waals surface area (Å²) in [4.78, 5) is 19.5. The molecule has 5 nitrogen and oxygen atoms in total. The molecule has 7 heteroatoms. The topological polar surface area (TPSA) is 50.2 Å². The zero-order valence-corrected chi connectivity index (χ0v) is 15.6. The summed E-state index contributed by atoms with van der Waals surface area (Å²) >= 11 is 6.09. The molecule has 1 N–H and O–H groups in total. The van der Waals surface area contributed by atoms with Gasteiger partial charge in [-0.15, -0.1) is 12.4 Å². The molecule has 3 atom stereocenters. The summed E-state index contributed by atoms with van der Waals surface area (Å²) in [7, 11) is 1.98. The Kier molecular flexibility index (Phi) is 5.37. The van der Waals surface area contributed by atoms with Crippen molar-refractivity contribution in [1.29, 1.82) is 0 Å². The van der Waals surface area contributed by atoms with Gasteiger partial charge in [0.15, 0.2) is 0 Å². The molecule has 2 fully saturated rings. The van der Waals surface area contributed by atoms with Crippen LogP contribution in [-0.4, -0.2) is 40.0 Å². The number of imidazole rings is 1. The highest BCUT2D eigenvalue weighted by molar-refractivity contribution is 6.30. The minimum absolute atomic E-state index is 0. The number of aryl methyl sites for hydroxylation is 1. The number of hydrogen-bond acceptors (Lipinski definition) is 3. The molecule has 3 unspecified atom stereocenters. The number of halogens is 2. The van der Waals surface area contributed by atoms with Gasteiger partial charge in [0.05, 0.1) is 0 Å². The SMILES string of the molecule is Cl.Cn1ccnc1C1CNCCN1C(=O)C1CC1c1cccc(Cl)c1. The van der Waals surface area contributed by atoms with Crippen molar-refractivity contribution in [3.63, 3.8) is 0 Å². The summed E-state index contributed by atoms with van der Waals surface area (Å²) in [5, 5.41) is 4.12. The van der Waals surface area contributed by atoms with Gasteiger partial charge in [0.25, 0.3) is 0 Å². The van der Waals surface area contributed by atoms with E-state index in [-0.39, 0.29) is 30.3 Å². The first-order chi connectivity index (χ1) is 11.6. The molecule has 1 saturated heterocycles. The van der Waals surface area contributed by atoms with Gasteiger partial charge in [-0.25, -0.2) is 4.98 Å². The molecule has 0 bridgehead atoms. The standard InChI is InChI=1S/C18H21ClN4O.ClH/c1-22-7-6-21-17(22)16-11-20-5-8-23(16)18(24)15-10-14(15)12-3-2-4-13(19)9-12;/h2-4,6-7,9,14-16,20H,5,8,10-11H2,1H3;1H. The maximum Gasteiger partial charge on any atom is 0.227 e. The van der Waals surface area contributed by atoms with Crippen LogP contribution in [0, 0.1) is 5.92 Å². The molecular formula is C18H22Cl2N4O. The van der Waals surface area contributed by atoms with E-state index in [2.05, 4.69) is 16.4 Å². The van der Waals surface area contributed by atoms with Gasteiger partial charge >= 0.3 is 0 Å². The predicted octanol–water partition coefficient (Wildman–Crippen LogP) is 2.77. The maximum atomic E-state index is 13.1. The van der Waals surface area contributed by atoms with Crippen molar-refractivity contribution < 1.29 is 4.79 Å². The van der Waals surface area contributed by atoms with Crippen LogP contribution in [0.5, 0.6) is 0 Å². The Morgan fingerprint density at radius 3 is 2.96 bits per heavy atom. The van der Waals surface area contributed by atoms with E-state index in [4.69, 9.17) is 11.6 Å².